The topological polar surface area (TPSA) is 143 Å². The van der Waals surface area contributed by atoms with Gasteiger partial charge in [-0.3, -0.25) is 9.59 Å². The molecular formula is C17H23N3O7. The Labute approximate surface area is 156 Å². The highest BCUT2D eigenvalue weighted by molar-refractivity contribution is 5.91. The highest BCUT2D eigenvalue weighted by atomic mass is 16.5. The van der Waals surface area contributed by atoms with Gasteiger partial charge in [-0.1, -0.05) is 30.3 Å². The van der Waals surface area contributed by atoms with Crippen LogP contribution in [0.2, 0.25) is 0 Å². The molecule has 1 aromatic carbocycles. The molecule has 0 saturated carbocycles. The maximum atomic E-state index is 11.9. The van der Waals surface area contributed by atoms with E-state index in [1.165, 1.54) is 6.92 Å². The zero-order valence-corrected chi connectivity index (χ0v) is 15.1. The smallest absolute Gasteiger partial charge is 0.407 e. The number of ether oxygens (including phenoxy) is 2. The largest absolute Gasteiger partial charge is 0.467 e. The fourth-order valence-corrected chi connectivity index (χ4v) is 1.90. The minimum absolute atomic E-state index is 0.0587. The molecule has 0 saturated heterocycles. The van der Waals surface area contributed by atoms with Gasteiger partial charge in [0.1, 0.15) is 19.2 Å². The van der Waals surface area contributed by atoms with Gasteiger partial charge >= 0.3 is 12.1 Å². The number of methoxy groups -OCH3 is 1. The Hall–Kier alpha value is -3.14. The van der Waals surface area contributed by atoms with Gasteiger partial charge in [0.05, 0.1) is 13.7 Å². The lowest BCUT2D eigenvalue weighted by molar-refractivity contribution is -0.146. The van der Waals surface area contributed by atoms with Crippen molar-refractivity contribution >= 4 is 23.9 Å². The van der Waals surface area contributed by atoms with Crippen LogP contribution in [0.15, 0.2) is 30.3 Å². The monoisotopic (exact) mass is 381 g/mol. The molecule has 0 aromatic heterocycles. The molecule has 4 N–H and O–H groups in total. The molecule has 0 aliphatic carbocycles. The number of carbonyl (C=O) groups excluding carboxylic acids is 4. The molecule has 10 heteroatoms. The van der Waals surface area contributed by atoms with E-state index in [-0.39, 0.29) is 6.61 Å². The van der Waals surface area contributed by atoms with Gasteiger partial charge in [-0.25, -0.2) is 9.59 Å². The Morgan fingerprint density at radius 3 is 2.37 bits per heavy atom. The third-order valence-electron chi connectivity index (χ3n) is 3.36. The lowest BCUT2D eigenvalue weighted by Crippen LogP contribution is -2.53. The van der Waals surface area contributed by atoms with E-state index in [0.717, 1.165) is 12.7 Å². The Balaban J connectivity index is 2.32. The fraction of sp³-hybridized carbons (Fsp3) is 0.412. The van der Waals surface area contributed by atoms with E-state index < -0.39 is 49.1 Å². The summed E-state index contributed by atoms with van der Waals surface area (Å²) < 4.78 is 9.37. The summed E-state index contributed by atoms with van der Waals surface area (Å²) in [5.41, 5.74) is 0.798. The number of benzene rings is 1. The predicted molar refractivity (Wildman–Crippen MR) is 93.3 cm³/mol. The zero-order chi connectivity index (χ0) is 20.2. The Morgan fingerprint density at radius 2 is 1.78 bits per heavy atom. The van der Waals surface area contributed by atoms with Crippen molar-refractivity contribution < 1.29 is 33.8 Å². The molecular weight excluding hydrogens is 358 g/mol. The number of aliphatic hydroxyl groups excluding tert-OH is 1. The van der Waals surface area contributed by atoms with Gasteiger partial charge in [-0.15, -0.1) is 0 Å². The predicted octanol–water partition coefficient (Wildman–Crippen LogP) is -0.932. The maximum absolute atomic E-state index is 11.9. The summed E-state index contributed by atoms with van der Waals surface area (Å²) in [7, 11) is 1.12. The zero-order valence-electron chi connectivity index (χ0n) is 15.1. The number of hydrogen-bond donors (Lipinski definition) is 4. The first kappa shape index (κ1) is 21.9. The van der Waals surface area contributed by atoms with Crippen LogP contribution in [0.5, 0.6) is 0 Å². The number of carbonyl (C=O) groups is 4. The second kappa shape index (κ2) is 11.5. The van der Waals surface area contributed by atoms with Gasteiger partial charge in [0.2, 0.25) is 11.8 Å². The average Bonchev–Trinajstić information content (AvgIpc) is 2.68. The number of amides is 3. The van der Waals surface area contributed by atoms with Gasteiger partial charge in [0.15, 0.2) is 6.04 Å². The summed E-state index contributed by atoms with van der Waals surface area (Å²) in [5, 5.41) is 15.9. The Morgan fingerprint density at radius 1 is 1.11 bits per heavy atom. The van der Waals surface area contributed by atoms with Crippen LogP contribution in [0, 0.1) is 0 Å². The standard InChI is InChI=1S/C17H23N3O7/c1-11(15(23)20-13(9-21)16(24)26-2)19-14(22)8-18-17(25)27-10-12-6-4-3-5-7-12/h3-7,11,13,21H,8-10H2,1-2H3,(H,18,25)(H,19,22)(H,20,23)/t11-,13+/m0/s1. The van der Waals surface area contributed by atoms with Crippen LogP contribution in [0.1, 0.15) is 12.5 Å². The first-order chi connectivity index (χ1) is 12.9. The molecule has 0 fully saturated rings. The van der Waals surface area contributed by atoms with Crippen molar-refractivity contribution in [2.24, 2.45) is 0 Å². The highest BCUT2D eigenvalue weighted by Gasteiger charge is 2.24. The first-order valence-corrected chi connectivity index (χ1v) is 8.10. The van der Waals surface area contributed by atoms with Crippen molar-refractivity contribution in [3.05, 3.63) is 35.9 Å². The van der Waals surface area contributed by atoms with Crippen LogP contribution in [0.4, 0.5) is 4.79 Å². The van der Waals surface area contributed by atoms with E-state index in [1.807, 2.05) is 6.07 Å². The highest BCUT2D eigenvalue weighted by Crippen LogP contribution is 2.00. The third kappa shape index (κ3) is 8.19. The first-order valence-electron chi connectivity index (χ1n) is 8.10. The number of rotatable bonds is 9. The normalized spacial score (nSPS) is 12.3. The molecule has 0 bridgehead atoms. The van der Waals surface area contributed by atoms with Gasteiger partial charge in [-0.05, 0) is 12.5 Å². The summed E-state index contributed by atoms with van der Waals surface area (Å²) >= 11 is 0. The molecule has 0 spiro atoms. The van der Waals surface area contributed by atoms with Crippen molar-refractivity contribution in [2.75, 3.05) is 20.3 Å². The number of esters is 1. The van der Waals surface area contributed by atoms with Crippen molar-refractivity contribution in [3.63, 3.8) is 0 Å². The summed E-state index contributed by atoms with van der Waals surface area (Å²) in [6.45, 7) is 0.398. The van der Waals surface area contributed by atoms with Crippen molar-refractivity contribution in [1.29, 1.82) is 0 Å². The molecule has 27 heavy (non-hydrogen) atoms. The number of aliphatic hydroxyl groups is 1. The van der Waals surface area contributed by atoms with Crippen LogP contribution >= 0.6 is 0 Å². The van der Waals surface area contributed by atoms with Crippen LogP contribution < -0.4 is 16.0 Å². The second-order valence-electron chi connectivity index (χ2n) is 5.47. The van der Waals surface area contributed by atoms with E-state index >= 15 is 0 Å². The Bertz CT molecular complexity index is 651. The van der Waals surface area contributed by atoms with Gasteiger partial charge in [0.25, 0.3) is 0 Å². The fourth-order valence-electron chi connectivity index (χ4n) is 1.90. The van der Waals surface area contributed by atoms with E-state index in [2.05, 4.69) is 20.7 Å². The van der Waals surface area contributed by atoms with Crippen molar-refractivity contribution in [2.45, 2.75) is 25.6 Å². The molecule has 10 nitrogen and oxygen atoms in total. The average molecular weight is 381 g/mol. The van der Waals surface area contributed by atoms with E-state index in [1.54, 1.807) is 24.3 Å². The van der Waals surface area contributed by atoms with E-state index in [0.29, 0.717) is 0 Å². The van der Waals surface area contributed by atoms with Crippen LogP contribution in [0.3, 0.4) is 0 Å². The molecule has 1 aromatic rings. The number of hydrogen-bond acceptors (Lipinski definition) is 7. The quantitative estimate of drug-likeness (QED) is 0.405. The molecule has 0 aliphatic heterocycles. The molecule has 3 amide bonds. The number of alkyl carbamates (subject to hydrolysis) is 1. The molecule has 1 rings (SSSR count). The van der Waals surface area contributed by atoms with E-state index in [4.69, 9.17) is 9.84 Å². The Kier molecular flexibility index (Phi) is 9.30. The lowest BCUT2D eigenvalue weighted by atomic mass is 10.2. The molecule has 148 valence electrons. The lowest BCUT2D eigenvalue weighted by Gasteiger charge is -2.18. The van der Waals surface area contributed by atoms with Crippen LogP contribution in [0.25, 0.3) is 0 Å². The molecule has 0 radical (unpaired) electrons. The van der Waals surface area contributed by atoms with Crippen LogP contribution in [-0.4, -0.2) is 61.3 Å². The van der Waals surface area contributed by atoms with Gasteiger partial charge in [0, 0.05) is 0 Å². The summed E-state index contributed by atoms with van der Waals surface area (Å²) in [6.07, 6.45) is -0.780. The molecule has 0 heterocycles. The summed E-state index contributed by atoms with van der Waals surface area (Å²) in [6, 6.07) is 6.78. The third-order valence-corrected chi connectivity index (χ3v) is 3.36. The van der Waals surface area contributed by atoms with Crippen LogP contribution in [-0.2, 0) is 30.5 Å². The van der Waals surface area contributed by atoms with E-state index in [9.17, 15) is 19.2 Å². The molecule has 2 atom stereocenters. The number of nitrogens with one attached hydrogen (secondary N) is 3. The van der Waals surface area contributed by atoms with Gasteiger partial charge in [-0.2, -0.15) is 0 Å². The van der Waals surface area contributed by atoms with Crippen molar-refractivity contribution in [3.8, 4) is 0 Å². The minimum Gasteiger partial charge on any atom is -0.467 e. The summed E-state index contributed by atoms with van der Waals surface area (Å²) in [4.78, 5) is 46.6. The SMILES string of the molecule is COC(=O)[C@@H](CO)NC(=O)[C@H](C)NC(=O)CNC(=O)OCc1ccccc1. The molecule has 0 unspecified atom stereocenters. The molecule has 0 aliphatic rings. The van der Waals surface area contributed by atoms with Crippen molar-refractivity contribution in [1.82, 2.24) is 16.0 Å². The second-order valence-corrected chi connectivity index (χ2v) is 5.47. The minimum atomic E-state index is -1.23. The van der Waals surface area contributed by atoms with Gasteiger partial charge < -0.3 is 30.5 Å². The summed E-state index contributed by atoms with van der Waals surface area (Å²) in [5.74, 6) is -2.14. The maximum Gasteiger partial charge on any atom is 0.407 e.